The molecule has 0 saturated carbocycles. The third kappa shape index (κ3) is 2.75. The van der Waals surface area contributed by atoms with Crippen LogP contribution in [-0.4, -0.2) is 42.2 Å². The first-order chi connectivity index (χ1) is 12.6. The standard InChI is InChI=1S/C22H30N2O2/c1-4-22-11-7-12-24(15-22)13-10-17-16-8-5-6-9-19(16)23(2)20(17)18(14-22)21(25)26-3/h5-6,8-9,18H,4,7,10-15H2,1-3H3/t18-,22+/m1/s1. The third-order valence-corrected chi connectivity index (χ3v) is 6.88. The highest BCUT2D eigenvalue weighted by Crippen LogP contribution is 2.45. The Bertz CT molecular complexity index is 825. The normalized spacial score (nSPS) is 28.7. The lowest BCUT2D eigenvalue weighted by Gasteiger charge is -2.43. The molecule has 2 aliphatic heterocycles. The fourth-order valence-corrected chi connectivity index (χ4v) is 5.44. The number of benzene rings is 1. The molecular formula is C22H30N2O2. The van der Waals surface area contributed by atoms with Gasteiger partial charge in [-0.3, -0.25) is 4.79 Å². The first-order valence-corrected chi connectivity index (χ1v) is 9.95. The van der Waals surface area contributed by atoms with E-state index in [9.17, 15) is 4.79 Å². The molecule has 1 aromatic carbocycles. The molecule has 0 radical (unpaired) electrons. The Hall–Kier alpha value is -1.81. The second-order valence-electron chi connectivity index (χ2n) is 8.20. The molecule has 4 nitrogen and oxygen atoms in total. The summed E-state index contributed by atoms with van der Waals surface area (Å²) in [5.74, 6) is -0.255. The van der Waals surface area contributed by atoms with Gasteiger partial charge in [0.05, 0.1) is 13.0 Å². The van der Waals surface area contributed by atoms with E-state index in [1.807, 2.05) is 0 Å². The molecule has 1 saturated heterocycles. The van der Waals surface area contributed by atoms with E-state index in [1.54, 1.807) is 0 Å². The number of hydrogen-bond acceptors (Lipinski definition) is 3. The van der Waals surface area contributed by atoms with E-state index in [1.165, 1.54) is 48.7 Å². The Morgan fingerprint density at radius 3 is 2.88 bits per heavy atom. The number of hydrogen-bond donors (Lipinski definition) is 0. The van der Waals surface area contributed by atoms with Crippen LogP contribution in [0.15, 0.2) is 24.3 Å². The lowest BCUT2D eigenvalue weighted by Crippen LogP contribution is -2.44. The van der Waals surface area contributed by atoms with E-state index in [0.29, 0.717) is 0 Å². The number of para-hydroxylation sites is 1. The molecular weight excluding hydrogens is 324 g/mol. The quantitative estimate of drug-likeness (QED) is 0.768. The zero-order valence-corrected chi connectivity index (χ0v) is 16.3. The number of fused-ring (bicyclic) bond motifs is 5. The van der Waals surface area contributed by atoms with Gasteiger partial charge in [-0.15, -0.1) is 0 Å². The molecule has 3 atom stereocenters. The number of aryl methyl sites for hydroxylation is 1. The number of piperidine rings is 1. The zero-order chi connectivity index (χ0) is 18.3. The van der Waals surface area contributed by atoms with Gasteiger partial charge in [0, 0.05) is 36.7 Å². The van der Waals surface area contributed by atoms with Crippen LogP contribution in [0.5, 0.6) is 0 Å². The van der Waals surface area contributed by atoms with E-state index in [4.69, 9.17) is 4.74 Å². The molecule has 1 aromatic heterocycles. The summed E-state index contributed by atoms with van der Waals surface area (Å²) in [6.45, 7) is 5.67. The lowest BCUT2D eigenvalue weighted by molar-refractivity contribution is -0.143. The minimum atomic E-state index is -0.176. The van der Waals surface area contributed by atoms with Crippen molar-refractivity contribution in [2.24, 2.45) is 12.5 Å². The summed E-state index contributed by atoms with van der Waals surface area (Å²) in [6.07, 6.45) is 5.47. The van der Waals surface area contributed by atoms with Crippen LogP contribution < -0.4 is 0 Å². The molecule has 1 fully saturated rings. The summed E-state index contributed by atoms with van der Waals surface area (Å²) in [4.78, 5) is 15.5. The minimum absolute atomic E-state index is 0.0796. The average molecular weight is 354 g/mol. The predicted molar refractivity (Wildman–Crippen MR) is 104 cm³/mol. The van der Waals surface area contributed by atoms with Gasteiger partial charge in [-0.2, -0.15) is 0 Å². The van der Waals surface area contributed by atoms with E-state index >= 15 is 0 Å². The number of carbonyl (C=O) groups excluding carboxylic acids is 1. The van der Waals surface area contributed by atoms with Crippen LogP contribution in [0.3, 0.4) is 0 Å². The topological polar surface area (TPSA) is 34.5 Å². The van der Waals surface area contributed by atoms with Crippen LogP contribution in [-0.2, 0) is 23.0 Å². The van der Waals surface area contributed by atoms with Crippen LogP contribution in [0.4, 0.5) is 0 Å². The maximum Gasteiger partial charge on any atom is 0.314 e. The fourth-order valence-electron chi connectivity index (χ4n) is 5.44. The summed E-state index contributed by atoms with van der Waals surface area (Å²) in [5.41, 5.74) is 3.96. The van der Waals surface area contributed by atoms with Gasteiger partial charge in [0.15, 0.2) is 0 Å². The van der Waals surface area contributed by atoms with Crippen LogP contribution >= 0.6 is 0 Å². The fraction of sp³-hybridized carbons (Fsp3) is 0.591. The first-order valence-electron chi connectivity index (χ1n) is 9.95. The second-order valence-corrected chi connectivity index (χ2v) is 8.20. The largest absolute Gasteiger partial charge is 0.469 e. The first kappa shape index (κ1) is 17.6. The van der Waals surface area contributed by atoms with Gasteiger partial charge in [0.2, 0.25) is 0 Å². The minimum Gasteiger partial charge on any atom is -0.469 e. The summed E-state index contributed by atoms with van der Waals surface area (Å²) in [5, 5.41) is 1.29. The van der Waals surface area contributed by atoms with Crippen LogP contribution in [0.25, 0.3) is 10.9 Å². The number of methoxy groups -OCH3 is 1. The maximum absolute atomic E-state index is 12.9. The van der Waals surface area contributed by atoms with Gasteiger partial charge >= 0.3 is 5.97 Å². The molecule has 3 heterocycles. The molecule has 4 rings (SSSR count). The molecule has 26 heavy (non-hydrogen) atoms. The van der Waals surface area contributed by atoms with Crippen molar-refractivity contribution in [3.05, 3.63) is 35.5 Å². The molecule has 140 valence electrons. The van der Waals surface area contributed by atoms with E-state index in [-0.39, 0.29) is 17.3 Å². The molecule has 2 aromatic rings. The lowest BCUT2D eigenvalue weighted by atomic mass is 9.71. The van der Waals surface area contributed by atoms with Gasteiger partial charge < -0.3 is 14.2 Å². The van der Waals surface area contributed by atoms with Crippen molar-refractivity contribution in [2.75, 3.05) is 26.7 Å². The highest BCUT2D eigenvalue weighted by atomic mass is 16.5. The van der Waals surface area contributed by atoms with E-state index in [2.05, 4.69) is 47.7 Å². The smallest absolute Gasteiger partial charge is 0.314 e. The number of carbonyl (C=O) groups is 1. The highest BCUT2D eigenvalue weighted by molar-refractivity contribution is 5.89. The Kier molecular flexibility index (Phi) is 4.55. The number of esters is 1. The maximum atomic E-state index is 12.9. The van der Waals surface area contributed by atoms with Gasteiger partial charge in [-0.1, -0.05) is 25.1 Å². The van der Waals surface area contributed by atoms with Crippen molar-refractivity contribution in [2.45, 2.75) is 44.9 Å². The van der Waals surface area contributed by atoms with Crippen LogP contribution in [0.1, 0.15) is 49.8 Å². The molecule has 2 aliphatic rings. The van der Waals surface area contributed by atoms with Gasteiger partial charge in [0.25, 0.3) is 0 Å². The molecule has 0 N–H and O–H groups in total. The van der Waals surface area contributed by atoms with E-state index < -0.39 is 0 Å². The van der Waals surface area contributed by atoms with Crippen molar-refractivity contribution in [3.63, 3.8) is 0 Å². The molecule has 4 heteroatoms. The zero-order valence-electron chi connectivity index (χ0n) is 16.3. The number of ether oxygens (including phenoxy) is 1. The predicted octanol–water partition coefficient (Wildman–Crippen LogP) is 3.87. The van der Waals surface area contributed by atoms with Crippen molar-refractivity contribution < 1.29 is 9.53 Å². The highest BCUT2D eigenvalue weighted by Gasteiger charge is 2.41. The van der Waals surface area contributed by atoms with Crippen molar-refractivity contribution >= 4 is 16.9 Å². The molecule has 0 amide bonds. The Morgan fingerprint density at radius 1 is 1.31 bits per heavy atom. The SMILES string of the molecule is CC[C@]12CCCN(CCc3c(n(C)c4ccccc34)[C@H](C(=O)OC)C1)C2. The summed E-state index contributed by atoms with van der Waals surface area (Å²) in [7, 11) is 3.64. The van der Waals surface area contributed by atoms with Gasteiger partial charge in [-0.25, -0.2) is 0 Å². The summed E-state index contributed by atoms with van der Waals surface area (Å²) < 4.78 is 7.55. The molecule has 1 unspecified atom stereocenters. The molecule has 0 aliphatic carbocycles. The number of aromatic nitrogens is 1. The molecule has 2 bridgehead atoms. The van der Waals surface area contributed by atoms with Gasteiger partial charge in [0.1, 0.15) is 0 Å². The van der Waals surface area contributed by atoms with Crippen LogP contribution in [0, 0.1) is 5.41 Å². The second kappa shape index (κ2) is 6.73. The Morgan fingerprint density at radius 2 is 2.12 bits per heavy atom. The third-order valence-electron chi connectivity index (χ3n) is 6.88. The van der Waals surface area contributed by atoms with Gasteiger partial charge in [-0.05, 0) is 55.7 Å². The Balaban J connectivity index is 1.92. The van der Waals surface area contributed by atoms with Crippen molar-refractivity contribution in [1.29, 1.82) is 0 Å². The van der Waals surface area contributed by atoms with E-state index in [0.717, 1.165) is 32.4 Å². The van der Waals surface area contributed by atoms with Crippen molar-refractivity contribution in [1.82, 2.24) is 9.47 Å². The van der Waals surface area contributed by atoms with Crippen LogP contribution in [0.2, 0.25) is 0 Å². The molecule has 0 spiro atoms. The summed E-state index contributed by atoms with van der Waals surface area (Å²) >= 11 is 0. The number of nitrogens with zero attached hydrogens (tertiary/aromatic N) is 2. The summed E-state index contributed by atoms with van der Waals surface area (Å²) in [6, 6.07) is 8.56. The monoisotopic (exact) mass is 354 g/mol. The number of rotatable bonds is 2. The van der Waals surface area contributed by atoms with Crippen molar-refractivity contribution in [3.8, 4) is 0 Å². The Labute approximate surface area is 156 Å². The average Bonchev–Trinajstić information content (AvgIpc) is 2.97.